The maximum atomic E-state index is 11.7. The van der Waals surface area contributed by atoms with Crippen LogP contribution in [0.25, 0.3) is 0 Å². The molecule has 3 atom stereocenters. The Morgan fingerprint density at radius 3 is 3.00 bits per heavy atom. The van der Waals surface area contributed by atoms with Gasteiger partial charge < -0.3 is 20.7 Å². The Morgan fingerprint density at radius 2 is 2.47 bits per heavy atom. The van der Waals surface area contributed by atoms with Gasteiger partial charge >= 0.3 is 5.69 Å². The Bertz CT molecular complexity index is 475. The van der Waals surface area contributed by atoms with E-state index >= 15 is 0 Å². The lowest BCUT2D eigenvalue weighted by Gasteiger charge is -2.26. The van der Waals surface area contributed by atoms with Gasteiger partial charge in [0.2, 0.25) is 0 Å². The Hall–Kier alpha value is -1.44. The fraction of sp³-hybridized carbons (Fsp3) is 0.600. The number of nitrogen functional groups attached to an aromatic ring is 1. The van der Waals surface area contributed by atoms with Crippen molar-refractivity contribution >= 4 is 5.82 Å². The summed E-state index contributed by atoms with van der Waals surface area (Å²) in [5, 5.41) is 18.7. The van der Waals surface area contributed by atoms with Crippen LogP contribution in [-0.2, 0) is 10.5 Å². The number of aliphatic hydroxyl groups excluding tert-OH is 2. The third-order valence-electron chi connectivity index (χ3n) is 2.94. The zero-order valence-corrected chi connectivity index (χ0v) is 9.41. The van der Waals surface area contributed by atoms with E-state index in [1.54, 1.807) is 6.92 Å². The molecule has 1 aliphatic heterocycles. The first kappa shape index (κ1) is 12.0. The molecule has 1 unspecified atom stereocenters. The van der Waals surface area contributed by atoms with Crippen molar-refractivity contribution in [1.29, 1.82) is 0 Å². The molecule has 2 heterocycles. The number of aliphatic hydroxyl groups is 2. The van der Waals surface area contributed by atoms with Crippen molar-refractivity contribution in [2.45, 2.75) is 31.3 Å². The molecule has 0 spiro atoms. The Labute approximate surface area is 97.5 Å². The van der Waals surface area contributed by atoms with E-state index in [4.69, 9.17) is 15.6 Å². The van der Waals surface area contributed by atoms with Crippen LogP contribution in [0.1, 0.15) is 13.3 Å². The van der Waals surface area contributed by atoms with E-state index in [0.29, 0.717) is 0 Å². The molecule has 0 saturated carbocycles. The molecular weight excluding hydrogens is 226 g/mol. The second-order valence-corrected chi connectivity index (χ2v) is 4.29. The molecule has 17 heavy (non-hydrogen) atoms. The fourth-order valence-corrected chi connectivity index (χ4v) is 2.06. The average Bonchev–Trinajstić information content (AvgIpc) is 2.54. The largest absolute Gasteiger partial charge is 0.394 e. The molecule has 1 saturated heterocycles. The minimum atomic E-state index is -1.01. The van der Waals surface area contributed by atoms with Gasteiger partial charge in [0.1, 0.15) is 17.6 Å². The van der Waals surface area contributed by atoms with Crippen molar-refractivity contribution in [3.05, 3.63) is 22.7 Å². The van der Waals surface area contributed by atoms with Crippen LogP contribution in [0, 0.1) is 0 Å². The number of anilines is 1. The molecule has 0 amide bonds. The van der Waals surface area contributed by atoms with Gasteiger partial charge in [-0.25, -0.2) is 4.79 Å². The summed E-state index contributed by atoms with van der Waals surface area (Å²) in [6, 6.07) is 1.48. The lowest BCUT2D eigenvalue weighted by molar-refractivity contribution is -0.107. The third-order valence-corrected chi connectivity index (χ3v) is 2.94. The van der Waals surface area contributed by atoms with Crippen molar-refractivity contribution in [2.24, 2.45) is 0 Å². The fourth-order valence-electron chi connectivity index (χ4n) is 2.06. The number of rotatable bonds is 2. The summed E-state index contributed by atoms with van der Waals surface area (Å²) < 4.78 is 6.77. The highest BCUT2D eigenvalue weighted by Crippen LogP contribution is 2.33. The summed E-state index contributed by atoms with van der Waals surface area (Å²) in [7, 11) is 0. The maximum Gasteiger partial charge on any atom is 0.351 e. The average molecular weight is 241 g/mol. The second kappa shape index (κ2) is 4.10. The van der Waals surface area contributed by atoms with E-state index in [9.17, 15) is 9.90 Å². The number of nitrogens with zero attached hydrogens (tertiary/aromatic N) is 2. The van der Waals surface area contributed by atoms with Crippen LogP contribution in [0.15, 0.2) is 17.1 Å². The van der Waals surface area contributed by atoms with Crippen LogP contribution in [0.5, 0.6) is 0 Å². The van der Waals surface area contributed by atoms with Gasteiger partial charge in [-0.2, -0.15) is 4.98 Å². The summed E-state index contributed by atoms with van der Waals surface area (Å²) in [6.07, 6.45) is 0.180. The summed E-state index contributed by atoms with van der Waals surface area (Å²) in [6.45, 7) is 1.36. The number of hydrogen-bond acceptors (Lipinski definition) is 6. The molecule has 0 aromatic carbocycles. The third kappa shape index (κ3) is 2.04. The van der Waals surface area contributed by atoms with Gasteiger partial charge in [0.15, 0.2) is 0 Å². The molecular formula is C10H15N3O4. The van der Waals surface area contributed by atoms with Crippen LogP contribution in [0.2, 0.25) is 0 Å². The minimum Gasteiger partial charge on any atom is -0.394 e. The van der Waals surface area contributed by atoms with Crippen LogP contribution >= 0.6 is 0 Å². The molecule has 1 fully saturated rings. The number of hydrogen-bond donors (Lipinski definition) is 3. The zero-order chi connectivity index (χ0) is 12.6. The number of nitrogens with two attached hydrogens (primary N) is 1. The lowest BCUT2D eigenvalue weighted by Crippen LogP contribution is -2.40. The van der Waals surface area contributed by atoms with Gasteiger partial charge in [0, 0.05) is 12.6 Å². The smallest absolute Gasteiger partial charge is 0.351 e. The molecule has 0 radical (unpaired) electrons. The standard InChI is InChI=1S/C10H15N3O4/c1-10(4-6(15)7(5-14)17-10)13-3-2-8(11)12-9(13)16/h2-3,6-7,14-15H,4-5H2,1H3,(H2,11,12,16)/t6?,7-,10+/m0/s1. The molecule has 1 aromatic heterocycles. The molecule has 1 aromatic rings. The maximum absolute atomic E-state index is 11.7. The molecule has 0 bridgehead atoms. The first-order chi connectivity index (χ1) is 7.96. The molecule has 2 rings (SSSR count). The summed E-state index contributed by atoms with van der Waals surface area (Å²) >= 11 is 0. The predicted octanol–water partition coefficient (Wildman–Crippen LogP) is -1.36. The van der Waals surface area contributed by atoms with Crippen molar-refractivity contribution in [3.8, 4) is 0 Å². The minimum absolute atomic E-state index is 0.132. The highest BCUT2D eigenvalue weighted by molar-refractivity contribution is 5.23. The lowest BCUT2D eigenvalue weighted by atomic mass is 10.1. The highest BCUT2D eigenvalue weighted by Gasteiger charge is 2.44. The molecule has 7 heteroatoms. The van der Waals surface area contributed by atoms with Gasteiger partial charge in [-0.1, -0.05) is 0 Å². The number of aromatic nitrogens is 2. The Kier molecular flexibility index (Phi) is 2.90. The van der Waals surface area contributed by atoms with Gasteiger partial charge in [-0.15, -0.1) is 0 Å². The second-order valence-electron chi connectivity index (χ2n) is 4.29. The van der Waals surface area contributed by atoms with Gasteiger partial charge in [-0.3, -0.25) is 4.57 Å². The van der Waals surface area contributed by atoms with Crippen LogP contribution in [-0.4, -0.2) is 38.6 Å². The summed E-state index contributed by atoms with van der Waals surface area (Å²) in [5.74, 6) is 0.132. The quantitative estimate of drug-likeness (QED) is 0.590. The van der Waals surface area contributed by atoms with E-state index in [1.165, 1.54) is 16.8 Å². The SMILES string of the molecule is C[C@]1(n2ccc(N)nc2=O)CC(O)[C@H](CO)O1. The van der Waals surface area contributed by atoms with Crippen LogP contribution < -0.4 is 11.4 Å². The monoisotopic (exact) mass is 241 g/mol. The first-order valence-electron chi connectivity index (χ1n) is 5.29. The number of ether oxygens (including phenoxy) is 1. The van der Waals surface area contributed by atoms with Gasteiger partial charge in [0.05, 0.1) is 12.7 Å². The molecule has 1 aliphatic rings. The van der Waals surface area contributed by atoms with Gasteiger partial charge in [-0.05, 0) is 13.0 Å². The summed E-state index contributed by atoms with van der Waals surface area (Å²) in [4.78, 5) is 15.3. The van der Waals surface area contributed by atoms with Crippen molar-refractivity contribution in [1.82, 2.24) is 9.55 Å². The van der Waals surface area contributed by atoms with E-state index < -0.39 is 23.6 Å². The molecule has 4 N–H and O–H groups in total. The molecule has 94 valence electrons. The van der Waals surface area contributed by atoms with Crippen LogP contribution in [0.3, 0.4) is 0 Å². The first-order valence-corrected chi connectivity index (χ1v) is 5.29. The van der Waals surface area contributed by atoms with Gasteiger partial charge in [0.25, 0.3) is 0 Å². The van der Waals surface area contributed by atoms with E-state index in [0.717, 1.165) is 0 Å². The van der Waals surface area contributed by atoms with Crippen molar-refractivity contribution in [2.75, 3.05) is 12.3 Å². The Balaban J connectivity index is 2.37. The Morgan fingerprint density at radius 1 is 1.76 bits per heavy atom. The molecule has 7 nitrogen and oxygen atoms in total. The predicted molar refractivity (Wildman–Crippen MR) is 59.1 cm³/mol. The normalized spacial score (nSPS) is 32.9. The van der Waals surface area contributed by atoms with E-state index in [2.05, 4.69) is 4.98 Å². The van der Waals surface area contributed by atoms with E-state index in [1.807, 2.05) is 0 Å². The van der Waals surface area contributed by atoms with Crippen molar-refractivity contribution in [3.63, 3.8) is 0 Å². The van der Waals surface area contributed by atoms with Crippen LogP contribution in [0.4, 0.5) is 5.82 Å². The highest BCUT2D eigenvalue weighted by atomic mass is 16.6. The van der Waals surface area contributed by atoms with Crippen molar-refractivity contribution < 1.29 is 14.9 Å². The van der Waals surface area contributed by atoms with E-state index in [-0.39, 0.29) is 18.8 Å². The zero-order valence-electron chi connectivity index (χ0n) is 9.41. The summed E-state index contributed by atoms with van der Waals surface area (Å²) in [5.41, 5.74) is 3.84. The topological polar surface area (TPSA) is 111 Å². The molecule has 0 aliphatic carbocycles.